The van der Waals surface area contributed by atoms with E-state index >= 15 is 0 Å². The van der Waals surface area contributed by atoms with Crippen LogP contribution >= 0.6 is 0 Å². The van der Waals surface area contributed by atoms with E-state index in [-0.39, 0.29) is 12.8 Å². The zero-order valence-electron chi connectivity index (χ0n) is 38.0. The topological polar surface area (TPSA) is 69.7 Å². The van der Waals surface area contributed by atoms with Crippen molar-refractivity contribution >= 4 is 95.4 Å². The maximum atomic E-state index is 6.72. The highest BCUT2D eigenvalue weighted by atomic mass is 16.6. The number of rotatable bonds is 4. The second-order valence-electron chi connectivity index (χ2n) is 19.0. The lowest BCUT2D eigenvalue weighted by molar-refractivity contribution is -0.0637. The lowest BCUT2D eigenvalue weighted by atomic mass is 9.33. The molecule has 1 aliphatic carbocycles. The average Bonchev–Trinajstić information content (AvgIpc) is 3.96. The van der Waals surface area contributed by atoms with E-state index in [0.29, 0.717) is 26.4 Å². The summed E-state index contributed by atoms with van der Waals surface area (Å²) in [6.45, 7) is 6.28. The number of hydrogen-bond acceptors (Lipinski definition) is 8. The molecule has 15 rings (SSSR count). The predicted octanol–water partition coefficient (Wildman–Crippen LogP) is 12.3. The van der Waals surface area contributed by atoms with E-state index in [1.165, 1.54) is 10.9 Å². The van der Waals surface area contributed by atoms with Gasteiger partial charge in [0.05, 0.1) is 17.8 Å². The van der Waals surface area contributed by atoms with Gasteiger partial charge in [0.1, 0.15) is 54.0 Å². The van der Waals surface area contributed by atoms with E-state index in [1.54, 1.807) is 0 Å². The molecule has 10 aromatic rings. The van der Waals surface area contributed by atoms with Crippen LogP contribution in [0.5, 0.6) is 11.5 Å². The fraction of sp³-hybridized carbons (Fsp3) is 0.133. The van der Waals surface area contributed by atoms with Crippen LogP contribution in [-0.2, 0) is 9.47 Å². The highest BCUT2D eigenvalue weighted by molar-refractivity contribution is 7.00. The molecule has 1 saturated heterocycles. The number of benzene rings is 8. The molecule has 1 unspecified atom stereocenters. The highest BCUT2D eigenvalue weighted by Gasteiger charge is 2.53. The Kier molecular flexibility index (Phi) is 8.14. The number of para-hydroxylation sites is 2. The van der Waals surface area contributed by atoms with Gasteiger partial charge >= 0.3 is 0 Å². The first-order valence-electron chi connectivity index (χ1n) is 23.9. The largest absolute Gasteiger partial charge is 0.493 e. The van der Waals surface area contributed by atoms with Crippen molar-refractivity contribution in [3.63, 3.8) is 0 Å². The second kappa shape index (κ2) is 14.4. The number of ether oxygens (including phenoxy) is 4. The van der Waals surface area contributed by atoms with Crippen LogP contribution in [0.4, 0.5) is 28.4 Å². The minimum Gasteiger partial charge on any atom is -0.493 e. The lowest BCUT2D eigenvalue weighted by Gasteiger charge is -2.53. The van der Waals surface area contributed by atoms with E-state index in [9.17, 15) is 0 Å². The van der Waals surface area contributed by atoms with Gasteiger partial charge in [-0.25, -0.2) is 0 Å². The van der Waals surface area contributed by atoms with Crippen molar-refractivity contribution in [2.24, 2.45) is 0 Å². The van der Waals surface area contributed by atoms with E-state index in [0.717, 1.165) is 123 Å². The van der Waals surface area contributed by atoms with E-state index in [1.807, 2.05) is 30.3 Å². The first-order chi connectivity index (χ1) is 34.0. The smallest absolute Gasteiger partial charge is 0.252 e. The van der Waals surface area contributed by atoms with Crippen LogP contribution in [0.15, 0.2) is 184 Å². The van der Waals surface area contributed by atoms with Crippen LogP contribution < -0.4 is 35.7 Å². The van der Waals surface area contributed by atoms with Crippen molar-refractivity contribution < 1.29 is 27.8 Å². The molecule has 8 aromatic carbocycles. The third-order valence-corrected chi connectivity index (χ3v) is 15.0. The Bertz CT molecular complexity index is 3900. The van der Waals surface area contributed by atoms with Gasteiger partial charge in [-0.1, -0.05) is 91.0 Å². The molecule has 0 radical (unpaired) electrons. The van der Waals surface area contributed by atoms with E-state index in [2.05, 4.69) is 163 Å². The van der Waals surface area contributed by atoms with Crippen molar-refractivity contribution in [3.8, 4) is 33.8 Å². The van der Waals surface area contributed by atoms with Crippen LogP contribution in [0.3, 0.4) is 0 Å². The average molecular weight is 899 g/mol. The first-order valence-corrected chi connectivity index (χ1v) is 23.9. The Morgan fingerprint density at radius 3 is 1.99 bits per heavy atom. The zero-order chi connectivity index (χ0) is 45.5. The third-order valence-electron chi connectivity index (χ3n) is 15.0. The molecule has 69 heavy (non-hydrogen) atoms. The molecule has 8 nitrogen and oxygen atoms in total. The molecule has 0 saturated carbocycles. The molecular weight excluding hydrogens is 855 g/mol. The quantitative estimate of drug-likeness (QED) is 0.162. The monoisotopic (exact) mass is 898 g/mol. The van der Waals surface area contributed by atoms with Crippen LogP contribution in [-0.4, -0.2) is 44.8 Å². The van der Waals surface area contributed by atoms with Gasteiger partial charge in [-0.3, -0.25) is 0 Å². The lowest BCUT2D eigenvalue weighted by Crippen LogP contribution is -2.66. The molecule has 0 amide bonds. The van der Waals surface area contributed by atoms with Gasteiger partial charge in [0.25, 0.3) is 6.71 Å². The van der Waals surface area contributed by atoms with Crippen LogP contribution in [0, 0.1) is 6.92 Å². The summed E-state index contributed by atoms with van der Waals surface area (Å²) in [5, 5.41) is 4.45. The minimum absolute atomic E-state index is 0.149. The summed E-state index contributed by atoms with van der Waals surface area (Å²) in [4.78, 5) is 4.95. The molecule has 0 N–H and O–H groups in total. The fourth-order valence-corrected chi connectivity index (χ4v) is 12.0. The van der Waals surface area contributed by atoms with Gasteiger partial charge in [-0.2, -0.15) is 0 Å². The van der Waals surface area contributed by atoms with Crippen molar-refractivity contribution in [1.29, 1.82) is 0 Å². The standard InChI is InChI=1S/C60H43BN2O6/c1-35-29-48-56-49(30-35)63(60(2)24-8-15-53-59(60)67-28-26-65-53)57-46(22-23-52-58(57)66-27-25-64-52)61(56)45-21-18-37(39-17-20-44-42-12-4-6-14-51(42)69-55(44)34-39)32-47(45)62(48)40-10-7-9-36(31-40)38-16-19-43-41-11-3-5-13-50(41)68-54(43)33-38/h3-24,29-34,59H,25-28H2,1-2H3/t59?,60-/m1/s1. The van der Waals surface area contributed by atoms with Gasteiger partial charge in [0, 0.05) is 44.3 Å². The van der Waals surface area contributed by atoms with E-state index < -0.39 is 5.54 Å². The molecule has 0 spiro atoms. The van der Waals surface area contributed by atoms with Gasteiger partial charge in [-0.15, -0.1) is 0 Å². The Hall–Kier alpha value is -8.14. The molecular formula is C60H43BN2O6. The Labute approximate surface area is 398 Å². The van der Waals surface area contributed by atoms with Gasteiger partial charge in [-0.05, 0) is 137 Å². The summed E-state index contributed by atoms with van der Waals surface area (Å²) in [5.74, 6) is 2.33. The van der Waals surface area contributed by atoms with Crippen molar-refractivity contribution in [2.45, 2.75) is 25.5 Å². The zero-order valence-corrected chi connectivity index (χ0v) is 38.0. The summed E-state index contributed by atoms with van der Waals surface area (Å²) in [6, 6.07) is 54.7. The first kappa shape index (κ1) is 38.9. The number of nitrogens with zero attached hydrogens (tertiary/aromatic N) is 2. The number of anilines is 5. The Balaban J connectivity index is 0.975. The van der Waals surface area contributed by atoms with Crippen molar-refractivity contribution in [3.05, 3.63) is 181 Å². The van der Waals surface area contributed by atoms with Gasteiger partial charge < -0.3 is 37.6 Å². The Morgan fingerprint density at radius 1 is 0.551 bits per heavy atom. The van der Waals surface area contributed by atoms with Crippen molar-refractivity contribution in [2.75, 3.05) is 36.2 Å². The third kappa shape index (κ3) is 5.62. The summed E-state index contributed by atoms with van der Waals surface area (Å²) < 4.78 is 39.0. The predicted molar refractivity (Wildman–Crippen MR) is 277 cm³/mol. The number of allylic oxidation sites excluding steroid dienone is 2. The van der Waals surface area contributed by atoms with Crippen molar-refractivity contribution in [1.82, 2.24) is 0 Å². The Morgan fingerprint density at radius 2 is 1.20 bits per heavy atom. The van der Waals surface area contributed by atoms with E-state index in [4.69, 9.17) is 27.8 Å². The summed E-state index contributed by atoms with van der Waals surface area (Å²) >= 11 is 0. The number of fused-ring (bicyclic) bond motifs is 13. The van der Waals surface area contributed by atoms with Crippen LogP contribution in [0.2, 0.25) is 0 Å². The molecule has 1 fully saturated rings. The number of hydrogen-bond donors (Lipinski definition) is 0. The second-order valence-corrected chi connectivity index (χ2v) is 19.0. The molecule has 5 aliphatic rings. The number of furan rings is 2. The molecule has 6 heterocycles. The molecule has 2 aromatic heterocycles. The molecule has 4 aliphatic heterocycles. The van der Waals surface area contributed by atoms with Gasteiger partial charge in [0.2, 0.25) is 0 Å². The molecule has 0 bridgehead atoms. The maximum Gasteiger partial charge on any atom is 0.252 e. The summed E-state index contributed by atoms with van der Waals surface area (Å²) in [5.41, 5.74) is 17.2. The SMILES string of the molecule is Cc1cc2c3c(c1)N([C@]1(C)C=CC=C4OCCOC41)c1c(ccc4c1OCCO4)B3c1ccc(-c3ccc4c(c3)oc3ccccc34)cc1N2c1cccc(-c2ccc3c(c2)oc2ccccc23)c1. The number of aryl methyl sites for hydroxylation is 1. The molecule has 332 valence electrons. The molecule has 9 heteroatoms. The maximum absolute atomic E-state index is 6.72. The van der Waals surface area contributed by atoms with Crippen LogP contribution in [0.1, 0.15) is 12.5 Å². The minimum atomic E-state index is -0.707. The molecule has 2 atom stereocenters. The van der Waals surface area contributed by atoms with Crippen LogP contribution in [0.25, 0.3) is 66.1 Å². The fourth-order valence-electron chi connectivity index (χ4n) is 12.0. The normalized spacial score (nSPS) is 18.8. The summed E-state index contributed by atoms with van der Waals surface area (Å²) in [7, 11) is 0. The summed E-state index contributed by atoms with van der Waals surface area (Å²) in [6.07, 6.45) is 6.06. The highest BCUT2D eigenvalue weighted by Crippen LogP contribution is 2.52. The van der Waals surface area contributed by atoms with Gasteiger partial charge in [0.15, 0.2) is 11.5 Å².